The van der Waals surface area contributed by atoms with E-state index in [1.807, 2.05) is 0 Å². The van der Waals surface area contributed by atoms with Crippen molar-refractivity contribution in [3.05, 3.63) is 77.1 Å². The van der Waals surface area contributed by atoms with Gasteiger partial charge in [0, 0.05) is 13.1 Å². The second-order valence-corrected chi connectivity index (χ2v) is 7.99. The molecule has 34 heavy (non-hydrogen) atoms. The van der Waals surface area contributed by atoms with E-state index in [2.05, 4.69) is 20.7 Å². The molecule has 1 heterocycles. The number of carbonyl (C=O) groups excluding carboxylic acids is 2. The number of benzene rings is 2. The number of nitrogens with one attached hydrogen (secondary N) is 2. The molecule has 0 saturated heterocycles. The Morgan fingerprint density at radius 1 is 0.794 bits per heavy atom. The number of aromatic nitrogens is 3. The summed E-state index contributed by atoms with van der Waals surface area (Å²) < 4.78 is 1.38. The van der Waals surface area contributed by atoms with Crippen molar-refractivity contribution in [1.29, 1.82) is 0 Å². The predicted octanol–water partition coefficient (Wildman–Crippen LogP) is 1.40. The Hall–Kier alpha value is -4.19. The fourth-order valence-corrected chi connectivity index (χ4v) is 3.52. The molecule has 0 unspecified atom stereocenters. The van der Waals surface area contributed by atoms with Gasteiger partial charge in [-0.05, 0) is 35.4 Å². The van der Waals surface area contributed by atoms with Crippen molar-refractivity contribution in [2.45, 2.75) is 24.8 Å². The van der Waals surface area contributed by atoms with Gasteiger partial charge >= 0.3 is 11.9 Å². The summed E-state index contributed by atoms with van der Waals surface area (Å²) in [5.74, 6) is -2.54. The number of hydrogen-bond acceptors (Lipinski definition) is 7. The highest BCUT2D eigenvalue weighted by Gasteiger charge is 2.12. The molecule has 4 N–H and O–H groups in total. The maximum absolute atomic E-state index is 12.3. The summed E-state index contributed by atoms with van der Waals surface area (Å²) in [7, 11) is 0. The van der Waals surface area contributed by atoms with Crippen molar-refractivity contribution in [3.63, 3.8) is 0 Å². The van der Waals surface area contributed by atoms with Crippen LogP contribution >= 0.6 is 11.8 Å². The van der Waals surface area contributed by atoms with Gasteiger partial charge < -0.3 is 20.8 Å². The molecular weight excluding hydrogens is 462 g/mol. The molecule has 0 saturated carbocycles. The zero-order valence-electron chi connectivity index (χ0n) is 17.8. The second kappa shape index (κ2) is 11.6. The number of thioether (sulfide) groups is 1. The van der Waals surface area contributed by atoms with Crippen molar-refractivity contribution in [2.24, 2.45) is 0 Å². The summed E-state index contributed by atoms with van der Waals surface area (Å²) in [6.45, 7) is 0.390. The predicted molar refractivity (Wildman–Crippen MR) is 121 cm³/mol. The quantitative estimate of drug-likeness (QED) is 0.295. The van der Waals surface area contributed by atoms with Crippen molar-refractivity contribution in [1.82, 2.24) is 25.4 Å². The first-order valence-electron chi connectivity index (χ1n) is 10.0. The number of carbonyl (C=O) groups is 4. The maximum atomic E-state index is 12.3. The lowest BCUT2D eigenvalue weighted by Gasteiger charge is -2.08. The molecule has 3 rings (SSSR count). The molecule has 0 aliphatic rings. The maximum Gasteiger partial charge on any atom is 0.335 e. The van der Waals surface area contributed by atoms with Crippen molar-refractivity contribution < 1.29 is 29.4 Å². The van der Waals surface area contributed by atoms with Crippen molar-refractivity contribution in [3.8, 4) is 0 Å². The van der Waals surface area contributed by atoms with E-state index in [9.17, 15) is 19.2 Å². The Morgan fingerprint density at radius 3 is 1.79 bits per heavy atom. The molecule has 0 aliphatic carbocycles. The molecule has 0 fully saturated rings. The van der Waals surface area contributed by atoms with Crippen molar-refractivity contribution in [2.75, 3.05) is 5.75 Å². The van der Waals surface area contributed by atoms with Crippen LogP contribution in [-0.4, -0.2) is 54.5 Å². The lowest BCUT2D eigenvalue weighted by Crippen LogP contribution is -2.28. The van der Waals surface area contributed by atoms with Gasteiger partial charge in [0.15, 0.2) is 5.16 Å². The number of carboxylic acids is 2. The van der Waals surface area contributed by atoms with Gasteiger partial charge in [0.1, 0.15) is 12.9 Å². The Morgan fingerprint density at radius 2 is 1.29 bits per heavy atom. The van der Waals surface area contributed by atoms with Gasteiger partial charge in [-0.25, -0.2) is 19.3 Å². The van der Waals surface area contributed by atoms with Gasteiger partial charge in [-0.2, -0.15) is 5.10 Å². The Kier molecular flexibility index (Phi) is 8.35. The third-order valence-corrected chi connectivity index (χ3v) is 5.57. The molecule has 1 aromatic heterocycles. The largest absolute Gasteiger partial charge is 0.478 e. The Labute approximate surface area is 198 Å². The monoisotopic (exact) mass is 483 g/mol. The van der Waals surface area contributed by atoms with Gasteiger partial charge in [0.25, 0.3) is 0 Å². The van der Waals surface area contributed by atoms with Crippen LogP contribution < -0.4 is 10.6 Å². The zero-order valence-corrected chi connectivity index (χ0v) is 18.6. The third-order valence-electron chi connectivity index (χ3n) is 4.59. The molecule has 0 aliphatic heterocycles. The highest BCUT2D eigenvalue weighted by Crippen LogP contribution is 2.14. The second-order valence-electron chi connectivity index (χ2n) is 7.05. The van der Waals surface area contributed by atoms with Gasteiger partial charge in [-0.1, -0.05) is 36.0 Å². The van der Waals surface area contributed by atoms with Crippen LogP contribution in [-0.2, 0) is 29.2 Å². The normalized spacial score (nSPS) is 10.5. The standard InChI is InChI=1S/C22H21N5O6S/c28-18(23-9-14-1-5-16(6-2-14)20(30)31)11-27-22(25-13-26-27)34-12-19(29)24-10-15-3-7-17(8-4-15)21(32)33/h1-8,13H,9-12H2,(H,23,28)(H,24,29)(H,30,31)(H,32,33). The summed E-state index contributed by atoms with van der Waals surface area (Å²) in [6, 6.07) is 12.4. The zero-order chi connectivity index (χ0) is 24.5. The minimum Gasteiger partial charge on any atom is -0.478 e. The molecule has 2 amide bonds. The summed E-state index contributed by atoms with van der Waals surface area (Å²) in [6.07, 6.45) is 1.29. The molecule has 0 spiro atoms. The topological polar surface area (TPSA) is 164 Å². The highest BCUT2D eigenvalue weighted by molar-refractivity contribution is 7.99. The molecular formula is C22H21N5O6S. The molecule has 11 nitrogen and oxygen atoms in total. The van der Waals surface area contributed by atoms with Crippen LogP contribution in [0.25, 0.3) is 0 Å². The van der Waals surface area contributed by atoms with Crippen LogP contribution in [0.3, 0.4) is 0 Å². The van der Waals surface area contributed by atoms with E-state index in [-0.39, 0.29) is 48.3 Å². The summed E-state index contributed by atoms with van der Waals surface area (Å²) in [4.78, 5) is 50.2. The minimum atomic E-state index is -1.02. The average Bonchev–Trinajstić information content (AvgIpc) is 3.27. The smallest absolute Gasteiger partial charge is 0.335 e. The molecule has 0 bridgehead atoms. The van der Waals surface area contributed by atoms with Gasteiger partial charge in [0.05, 0.1) is 16.9 Å². The van der Waals surface area contributed by atoms with E-state index >= 15 is 0 Å². The number of rotatable bonds is 11. The first kappa shape index (κ1) is 24.5. The number of aromatic carboxylic acids is 2. The number of hydrogen-bond donors (Lipinski definition) is 4. The van der Waals surface area contributed by atoms with Crippen LogP contribution in [0, 0.1) is 0 Å². The van der Waals surface area contributed by atoms with E-state index < -0.39 is 11.9 Å². The average molecular weight is 484 g/mol. The molecule has 12 heteroatoms. The Bertz CT molecular complexity index is 1180. The van der Waals surface area contributed by atoms with E-state index in [4.69, 9.17) is 10.2 Å². The lowest BCUT2D eigenvalue weighted by molar-refractivity contribution is -0.122. The fourth-order valence-electron chi connectivity index (χ4n) is 2.78. The van der Waals surface area contributed by atoms with Crippen molar-refractivity contribution >= 4 is 35.5 Å². The SMILES string of the molecule is O=C(CSc1ncnn1CC(=O)NCc1ccc(C(=O)O)cc1)NCc1ccc(C(=O)O)cc1. The van der Waals surface area contributed by atoms with E-state index in [0.717, 1.165) is 22.9 Å². The van der Waals surface area contributed by atoms with Gasteiger partial charge in [-0.3, -0.25) is 9.59 Å². The van der Waals surface area contributed by atoms with Crippen LogP contribution in [0.2, 0.25) is 0 Å². The molecule has 0 radical (unpaired) electrons. The van der Waals surface area contributed by atoms with Crippen LogP contribution in [0.15, 0.2) is 60.0 Å². The van der Waals surface area contributed by atoms with Crippen LogP contribution in [0.5, 0.6) is 0 Å². The van der Waals surface area contributed by atoms with Gasteiger partial charge in [0.2, 0.25) is 11.8 Å². The minimum absolute atomic E-state index is 0.0590. The third kappa shape index (κ3) is 7.17. The summed E-state index contributed by atoms with van der Waals surface area (Å²) >= 11 is 1.13. The molecule has 0 atom stereocenters. The highest BCUT2D eigenvalue weighted by atomic mass is 32.2. The summed E-state index contributed by atoms with van der Waals surface area (Å²) in [5, 5.41) is 27.7. The summed E-state index contributed by atoms with van der Waals surface area (Å²) in [5.41, 5.74) is 1.85. The van der Waals surface area contributed by atoms with E-state index in [1.165, 1.54) is 35.3 Å². The van der Waals surface area contributed by atoms with Gasteiger partial charge in [-0.15, -0.1) is 0 Å². The first-order chi connectivity index (χ1) is 16.3. The Balaban J connectivity index is 1.42. The molecule has 3 aromatic rings. The van der Waals surface area contributed by atoms with E-state index in [0.29, 0.717) is 5.16 Å². The fraction of sp³-hybridized carbons (Fsp3) is 0.182. The molecule has 2 aromatic carbocycles. The van der Waals surface area contributed by atoms with Crippen LogP contribution in [0.1, 0.15) is 31.8 Å². The molecule has 176 valence electrons. The first-order valence-corrected chi connectivity index (χ1v) is 11.0. The van der Waals surface area contributed by atoms with E-state index in [1.54, 1.807) is 24.3 Å². The lowest BCUT2D eigenvalue weighted by atomic mass is 10.1. The number of nitrogens with zero attached hydrogens (tertiary/aromatic N) is 3. The number of carboxylic acid groups (broad SMARTS) is 2. The number of amides is 2. The van der Waals surface area contributed by atoms with Crippen LogP contribution in [0.4, 0.5) is 0 Å².